The first kappa shape index (κ1) is 20.0. The summed E-state index contributed by atoms with van der Waals surface area (Å²) in [5.74, 6) is 0.717. The standard InChI is InChI=1S/C19H27FN2O2.ClH/c1-11(2)24-15-6-7-17(16(20)10-15)22-19(23)14-8-12-4-3-5-13(9-14)18(12)21;/h6-7,10-14,18H,3-5,8-9,21H2,1-2H3,(H,22,23);1H. The SMILES string of the molecule is CC(C)Oc1ccc(NC(=O)C2CC3CCCC(C2)C3N)c(F)c1.Cl. The highest BCUT2D eigenvalue weighted by atomic mass is 35.5. The summed E-state index contributed by atoms with van der Waals surface area (Å²) < 4.78 is 19.7. The second kappa shape index (κ2) is 8.37. The molecule has 2 saturated carbocycles. The second-order valence-electron chi connectivity index (χ2n) is 7.49. The third-order valence-corrected chi connectivity index (χ3v) is 5.35. The minimum absolute atomic E-state index is 0. The lowest BCUT2D eigenvalue weighted by Crippen LogP contribution is -2.48. The Bertz CT molecular complexity index is 597. The Kier molecular flexibility index (Phi) is 6.69. The maximum atomic E-state index is 14.2. The summed E-state index contributed by atoms with van der Waals surface area (Å²) in [6.07, 6.45) is 5.05. The fraction of sp³-hybridized carbons (Fsp3) is 0.632. The van der Waals surface area contributed by atoms with Crippen LogP contribution in [0.2, 0.25) is 0 Å². The molecule has 1 amide bonds. The highest BCUT2D eigenvalue weighted by molar-refractivity contribution is 5.92. The Morgan fingerprint density at radius 1 is 1.28 bits per heavy atom. The number of carbonyl (C=O) groups is 1. The van der Waals surface area contributed by atoms with Gasteiger partial charge >= 0.3 is 0 Å². The van der Waals surface area contributed by atoms with Crippen LogP contribution in [0, 0.1) is 23.6 Å². The molecule has 1 aromatic rings. The van der Waals surface area contributed by atoms with E-state index in [1.807, 2.05) is 13.8 Å². The van der Waals surface area contributed by atoms with Crippen molar-refractivity contribution in [3.8, 4) is 5.75 Å². The molecule has 2 bridgehead atoms. The summed E-state index contributed by atoms with van der Waals surface area (Å²) in [6.45, 7) is 3.77. The van der Waals surface area contributed by atoms with Crippen LogP contribution in [-0.4, -0.2) is 18.1 Å². The van der Waals surface area contributed by atoms with Gasteiger partial charge in [0.1, 0.15) is 11.6 Å². The van der Waals surface area contributed by atoms with E-state index in [-0.39, 0.29) is 42.1 Å². The minimum atomic E-state index is -0.464. The zero-order chi connectivity index (χ0) is 17.3. The first-order chi connectivity index (χ1) is 11.4. The van der Waals surface area contributed by atoms with Crippen LogP contribution in [0.3, 0.4) is 0 Å². The number of benzene rings is 1. The van der Waals surface area contributed by atoms with Crippen molar-refractivity contribution in [3.63, 3.8) is 0 Å². The van der Waals surface area contributed by atoms with Gasteiger partial charge in [0.15, 0.2) is 0 Å². The maximum absolute atomic E-state index is 14.2. The van der Waals surface area contributed by atoms with E-state index >= 15 is 0 Å². The molecule has 0 radical (unpaired) electrons. The van der Waals surface area contributed by atoms with Gasteiger partial charge in [-0.25, -0.2) is 4.39 Å². The number of carbonyl (C=O) groups excluding carboxylic acids is 1. The van der Waals surface area contributed by atoms with Crippen molar-refractivity contribution in [2.45, 2.75) is 58.1 Å². The van der Waals surface area contributed by atoms with E-state index in [0.717, 1.165) is 25.7 Å². The van der Waals surface area contributed by atoms with Crippen LogP contribution in [0.1, 0.15) is 46.0 Å². The molecule has 0 heterocycles. The van der Waals surface area contributed by atoms with Gasteiger partial charge in [0, 0.05) is 18.0 Å². The molecular weight excluding hydrogens is 343 g/mol. The molecule has 0 saturated heterocycles. The molecule has 4 nitrogen and oxygen atoms in total. The number of amides is 1. The number of fused-ring (bicyclic) bond motifs is 2. The molecule has 3 N–H and O–H groups in total. The molecule has 140 valence electrons. The fourth-order valence-electron chi connectivity index (χ4n) is 4.18. The van der Waals surface area contributed by atoms with Gasteiger partial charge in [-0.05, 0) is 63.5 Å². The maximum Gasteiger partial charge on any atom is 0.227 e. The summed E-state index contributed by atoms with van der Waals surface area (Å²) >= 11 is 0. The van der Waals surface area contributed by atoms with Crippen molar-refractivity contribution in [2.24, 2.45) is 23.5 Å². The molecule has 2 aliphatic rings. The Morgan fingerprint density at radius 3 is 2.48 bits per heavy atom. The van der Waals surface area contributed by atoms with E-state index in [4.69, 9.17) is 10.5 Å². The molecular formula is C19H28ClFN2O2. The monoisotopic (exact) mass is 370 g/mol. The summed E-state index contributed by atoms with van der Waals surface area (Å²) in [5, 5.41) is 2.75. The average molecular weight is 371 g/mol. The van der Waals surface area contributed by atoms with E-state index in [2.05, 4.69) is 5.32 Å². The molecule has 25 heavy (non-hydrogen) atoms. The van der Waals surface area contributed by atoms with E-state index < -0.39 is 5.82 Å². The number of anilines is 1. The molecule has 2 aliphatic carbocycles. The topological polar surface area (TPSA) is 64.3 Å². The molecule has 1 aromatic carbocycles. The zero-order valence-corrected chi connectivity index (χ0v) is 15.7. The van der Waals surface area contributed by atoms with Crippen LogP contribution in [0.25, 0.3) is 0 Å². The van der Waals surface area contributed by atoms with Gasteiger partial charge in [0.25, 0.3) is 0 Å². The number of rotatable bonds is 4. The Hall–Kier alpha value is -1.33. The largest absolute Gasteiger partial charge is 0.491 e. The van der Waals surface area contributed by atoms with Crippen LogP contribution >= 0.6 is 12.4 Å². The molecule has 0 aliphatic heterocycles. The summed E-state index contributed by atoms with van der Waals surface area (Å²) in [4.78, 5) is 12.6. The van der Waals surface area contributed by atoms with Gasteiger partial charge in [0.2, 0.25) is 5.91 Å². The van der Waals surface area contributed by atoms with Gasteiger partial charge in [-0.2, -0.15) is 0 Å². The normalized spacial score (nSPS) is 28.2. The lowest BCUT2D eigenvalue weighted by molar-refractivity contribution is -0.122. The number of hydrogen-bond acceptors (Lipinski definition) is 3. The fourth-order valence-corrected chi connectivity index (χ4v) is 4.18. The predicted molar refractivity (Wildman–Crippen MR) is 99.6 cm³/mol. The predicted octanol–water partition coefficient (Wildman–Crippen LogP) is 4.13. The lowest BCUT2D eigenvalue weighted by atomic mass is 9.65. The van der Waals surface area contributed by atoms with Crippen molar-refractivity contribution >= 4 is 24.0 Å². The van der Waals surface area contributed by atoms with E-state index in [1.165, 1.54) is 12.5 Å². The summed E-state index contributed by atoms with van der Waals surface area (Å²) in [6, 6.07) is 4.80. The highest BCUT2D eigenvalue weighted by Crippen LogP contribution is 2.42. The van der Waals surface area contributed by atoms with Crippen LogP contribution in [0.5, 0.6) is 5.75 Å². The first-order valence-electron chi connectivity index (χ1n) is 8.96. The Labute approximate surface area is 155 Å². The van der Waals surface area contributed by atoms with Gasteiger partial charge in [-0.1, -0.05) is 6.42 Å². The number of nitrogens with one attached hydrogen (secondary N) is 1. The molecule has 0 spiro atoms. The van der Waals surface area contributed by atoms with Crippen LogP contribution in [0.15, 0.2) is 18.2 Å². The molecule has 6 heteroatoms. The Morgan fingerprint density at radius 2 is 1.92 bits per heavy atom. The third-order valence-electron chi connectivity index (χ3n) is 5.35. The van der Waals surface area contributed by atoms with Crippen molar-refractivity contribution < 1.29 is 13.9 Å². The number of nitrogens with two attached hydrogens (primary N) is 1. The first-order valence-corrected chi connectivity index (χ1v) is 8.96. The van der Waals surface area contributed by atoms with E-state index in [0.29, 0.717) is 17.6 Å². The summed E-state index contributed by atoms with van der Waals surface area (Å²) in [7, 11) is 0. The van der Waals surface area contributed by atoms with Crippen LogP contribution in [0.4, 0.5) is 10.1 Å². The lowest BCUT2D eigenvalue weighted by Gasteiger charge is -2.43. The van der Waals surface area contributed by atoms with Crippen LogP contribution < -0.4 is 15.8 Å². The molecule has 2 unspecified atom stereocenters. The number of ether oxygens (including phenoxy) is 1. The van der Waals surface area contributed by atoms with Gasteiger partial charge in [-0.15, -0.1) is 12.4 Å². The number of hydrogen-bond donors (Lipinski definition) is 2. The third kappa shape index (κ3) is 4.64. The Balaban J connectivity index is 0.00000225. The molecule has 2 atom stereocenters. The van der Waals surface area contributed by atoms with Gasteiger partial charge in [0.05, 0.1) is 11.8 Å². The van der Waals surface area contributed by atoms with Crippen LogP contribution in [-0.2, 0) is 4.79 Å². The van der Waals surface area contributed by atoms with Crippen molar-refractivity contribution in [1.29, 1.82) is 0 Å². The van der Waals surface area contributed by atoms with Gasteiger partial charge < -0.3 is 15.8 Å². The van der Waals surface area contributed by atoms with Crippen molar-refractivity contribution in [2.75, 3.05) is 5.32 Å². The molecule has 2 fully saturated rings. The number of halogens is 2. The van der Waals surface area contributed by atoms with Crippen molar-refractivity contribution in [3.05, 3.63) is 24.0 Å². The second-order valence-corrected chi connectivity index (χ2v) is 7.49. The van der Waals surface area contributed by atoms with Crippen molar-refractivity contribution in [1.82, 2.24) is 0 Å². The zero-order valence-electron chi connectivity index (χ0n) is 14.8. The molecule has 3 rings (SSSR count). The smallest absolute Gasteiger partial charge is 0.227 e. The van der Waals surface area contributed by atoms with E-state index in [1.54, 1.807) is 12.1 Å². The summed E-state index contributed by atoms with van der Waals surface area (Å²) in [5.41, 5.74) is 6.49. The van der Waals surface area contributed by atoms with Gasteiger partial charge in [-0.3, -0.25) is 4.79 Å². The average Bonchev–Trinajstić information content (AvgIpc) is 2.49. The van der Waals surface area contributed by atoms with E-state index in [9.17, 15) is 9.18 Å². The molecule has 0 aromatic heterocycles. The minimum Gasteiger partial charge on any atom is -0.491 e. The quantitative estimate of drug-likeness (QED) is 0.837. The highest BCUT2D eigenvalue weighted by Gasteiger charge is 2.40.